The first-order valence-corrected chi connectivity index (χ1v) is 6.30. The van der Waals surface area contributed by atoms with Gasteiger partial charge in [0.15, 0.2) is 11.5 Å². The second-order valence-corrected chi connectivity index (χ2v) is 4.72. The summed E-state index contributed by atoms with van der Waals surface area (Å²) >= 11 is 6.04. The van der Waals surface area contributed by atoms with Crippen molar-refractivity contribution in [2.45, 2.75) is 6.42 Å². The normalized spacial score (nSPS) is 10.8. The average Bonchev–Trinajstić information content (AvgIpc) is 2.31. The molecule has 0 fully saturated rings. The third kappa shape index (κ3) is 4.37. The molecule has 2 N–H and O–H groups in total. The minimum Gasteiger partial charge on any atom is -0.493 e. The fraction of sp³-hybridized carbons (Fsp3) is 0.538. The van der Waals surface area contributed by atoms with Crippen LogP contribution in [0.2, 0.25) is 5.02 Å². The molecule has 0 unspecified atom stereocenters. The smallest absolute Gasteiger partial charge is 0.164 e. The molecule has 4 nitrogen and oxygen atoms in total. The lowest BCUT2D eigenvalue weighted by Crippen LogP contribution is -2.20. The predicted molar refractivity (Wildman–Crippen MR) is 74.8 cm³/mol. The number of hydrogen-bond donors (Lipinski definition) is 1. The molecule has 0 heterocycles. The molecule has 0 spiro atoms. The molecule has 0 aliphatic carbocycles. The minimum absolute atomic E-state index is 0.549. The first-order chi connectivity index (χ1) is 8.58. The number of nitrogens with two attached hydrogens (primary N) is 1. The number of hydrogen-bond acceptors (Lipinski definition) is 4. The molecule has 0 radical (unpaired) electrons. The molecule has 102 valence electrons. The van der Waals surface area contributed by atoms with Crippen LogP contribution in [0.25, 0.3) is 0 Å². The lowest BCUT2D eigenvalue weighted by Gasteiger charge is -2.17. The number of benzene rings is 1. The van der Waals surface area contributed by atoms with Gasteiger partial charge in [0.1, 0.15) is 6.61 Å². The van der Waals surface area contributed by atoms with Crippen molar-refractivity contribution in [2.24, 2.45) is 5.73 Å². The summed E-state index contributed by atoms with van der Waals surface area (Å²) in [7, 11) is 5.61. The largest absolute Gasteiger partial charge is 0.493 e. The van der Waals surface area contributed by atoms with E-state index in [1.807, 2.05) is 20.2 Å². The summed E-state index contributed by atoms with van der Waals surface area (Å²) in [4.78, 5) is 2.06. The fourth-order valence-electron chi connectivity index (χ4n) is 1.61. The molecule has 0 saturated carbocycles. The maximum atomic E-state index is 6.04. The Kier molecular flexibility index (Phi) is 6.25. The van der Waals surface area contributed by atoms with E-state index in [1.54, 1.807) is 13.2 Å². The predicted octanol–water partition coefficient (Wildman–Crippen LogP) is 1.79. The second kappa shape index (κ2) is 7.46. The van der Waals surface area contributed by atoms with Gasteiger partial charge < -0.3 is 20.1 Å². The van der Waals surface area contributed by atoms with Crippen LogP contribution in [-0.2, 0) is 6.42 Å². The number of rotatable bonds is 7. The Bertz CT molecular complexity index is 383. The monoisotopic (exact) mass is 272 g/mol. The van der Waals surface area contributed by atoms with Crippen LogP contribution < -0.4 is 15.2 Å². The number of nitrogens with zero attached hydrogens (tertiary/aromatic N) is 1. The molecule has 0 aromatic heterocycles. The van der Waals surface area contributed by atoms with Crippen molar-refractivity contribution in [1.82, 2.24) is 4.90 Å². The summed E-state index contributed by atoms with van der Waals surface area (Å²) in [5.41, 5.74) is 6.59. The minimum atomic E-state index is 0.549. The van der Waals surface area contributed by atoms with E-state index in [2.05, 4.69) is 4.90 Å². The molecule has 1 rings (SSSR count). The lowest BCUT2D eigenvalue weighted by atomic mass is 10.1. The third-order valence-corrected chi connectivity index (χ3v) is 2.73. The van der Waals surface area contributed by atoms with Crippen molar-refractivity contribution in [3.8, 4) is 11.5 Å². The van der Waals surface area contributed by atoms with Crippen molar-refractivity contribution in [1.29, 1.82) is 0 Å². The number of likely N-dealkylation sites (N-methyl/N-ethyl adjacent to an activating group) is 1. The summed E-state index contributed by atoms with van der Waals surface area (Å²) in [6.07, 6.45) is 0.716. The second-order valence-electron chi connectivity index (χ2n) is 4.29. The van der Waals surface area contributed by atoms with Gasteiger partial charge in [0.05, 0.1) is 7.11 Å². The Labute approximate surface area is 114 Å². The van der Waals surface area contributed by atoms with Crippen LogP contribution in [-0.4, -0.2) is 45.8 Å². The summed E-state index contributed by atoms with van der Waals surface area (Å²) in [6, 6.07) is 3.63. The van der Waals surface area contributed by atoms with Crippen LogP contribution in [0.3, 0.4) is 0 Å². The third-order valence-electron chi connectivity index (χ3n) is 2.52. The van der Waals surface area contributed by atoms with Crippen molar-refractivity contribution in [3.63, 3.8) is 0 Å². The van der Waals surface area contributed by atoms with Gasteiger partial charge in [-0.3, -0.25) is 0 Å². The van der Waals surface area contributed by atoms with Gasteiger partial charge in [-0.15, -0.1) is 0 Å². The van der Waals surface area contributed by atoms with E-state index in [0.717, 1.165) is 17.9 Å². The zero-order valence-electron chi connectivity index (χ0n) is 11.2. The summed E-state index contributed by atoms with van der Waals surface area (Å²) in [6.45, 7) is 1.99. The van der Waals surface area contributed by atoms with Crippen molar-refractivity contribution in [3.05, 3.63) is 22.7 Å². The molecule has 0 atom stereocenters. The SMILES string of the molecule is COc1cc(Cl)cc(CCN)c1OCCN(C)C. The van der Waals surface area contributed by atoms with E-state index < -0.39 is 0 Å². The Hall–Kier alpha value is -0.970. The van der Waals surface area contributed by atoms with Crippen LogP contribution >= 0.6 is 11.6 Å². The van der Waals surface area contributed by atoms with Gasteiger partial charge in [-0.1, -0.05) is 11.6 Å². The van der Waals surface area contributed by atoms with Crippen molar-refractivity contribution >= 4 is 11.6 Å². The van der Waals surface area contributed by atoms with Crippen molar-refractivity contribution < 1.29 is 9.47 Å². The molecular formula is C13H21ClN2O2. The maximum Gasteiger partial charge on any atom is 0.164 e. The van der Waals surface area contributed by atoms with E-state index in [9.17, 15) is 0 Å². The first-order valence-electron chi connectivity index (χ1n) is 5.92. The highest BCUT2D eigenvalue weighted by molar-refractivity contribution is 6.30. The summed E-state index contributed by atoms with van der Waals surface area (Å²) < 4.78 is 11.1. The van der Waals surface area contributed by atoms with E-state index >= 15 is 0 Å². The standard InChI is InChI=1S/C13H21ClN2O2/c1-16(2)6-7-18-13-10(4-5-15)8-11(14)9-12(13)17-3/h8-9H,4-7,15H2,1-3H3. The van der Waals surface area contributed by atoms with E-state index in [-0.39, 0.29) is 0 Å². The van der Waals surface area contributed by atoms with Crippen LogP contribution in [0.15, 0.2) is 12.1 Å². The molecule has 0 aliphatic heterocycles. The first kappa shape index (κ1) is 15.1. The van der Waals surface area contributed by atoms with Crippen LogP contribution in [0.4, 0.5) is 0 Å². The molecular weight excluding hydrogens is 252 g/mol. The summed E-state index contributed by atoms with van der Waals surface area (Å²) in [5.74, 6) is 1.40. The Morgan fingerprint density at radius 3 is 2.61 bits per heavy atom. The van der Waals surface area contributed by atoms with E-state index in [0.29, 0.717) is 30.3 Å². The van der Waals surface area contributed by atoms with Gasteiger partial charge in [-0.05, 0) is 33.1 Å². The van der Waals surface area contributed by atoms with E-state index in [4.69, 9.17) is 26.8 Å². The molecule has 1 aromatic rings. The Morgan fingerprint density at radius 1 is 1.33 bits per heavy atom. The Balaban J connectivity index is 2.90. The zero-order valence-corrected chi connectivity index (χ0v) is 12.0. The molecule has 0 aliphatic rings. The quantitative estimate of drug-likeness (QED) is 0.822. The molecule has 0 bridgehead atoms. The van der Waals surface area contributed by atoms with Gasteiger partial charge in [0.25, 0.3) is 0 Å². The van der Waals surface area contributed by atoms with Crippen LogP contribution in [0.5, 0.6) is 11.5 Å². The Morgan fingerprint density at radius 2 is 2.06 bits per heavy atom. The average molecular weight is 273 g/mol. The highest BCUT2D eigenvalue weighted by atomic mass is 35.5. The van der Waals surface area contributed by atoms with E-state index in [1.165, 1.54) is 0 Å². The highest BCUT2D eigenvalue weighted by Gasteiger charge is 2.12. The molecule has 0 saturated heterocycles. The molecule has 0 amide bonds. The number of methoxy groups -OCH3 is 1. The molecule has 1 aromatic carbocycles. The van der Waals surface area contributed by atoms with Gasteiger partial charge in [0, 0.05) is 23.2 Å². The van der Waals surface area contributed by atoms with Crippen molar-refractivity contribution in [2.75, 3.05) is 40.9 Å². The topological polar surface area (TPSA) is 47.7 Å². The summed E-state index contributed by atoms with van der Waals surface area (Å²) in [5, 5.41) is 0.634. The highest BCUT2D eigenvalue weighted by Crippen LogP contribution is 2.34. The number of halogens is 1. The lowest BCUT2D eigenvalue weighted by molar-refractivity contribution is 0.248. The fourth-order valence-corrected chi connectivity index (χ4v) is 1.84. The molecule has 18 heavy (non-hydrogen) atoms. The van der Waals surface area contributed by atoms with Gasteiger partial charge >= 0.3 is 0 Å². The van der Waals surface area contributed by atoms with Gasteiger partial charge in [-0.25, -0.2) is 0 Å². The van der Waals surface area contributed by atoms with Gasteiger partial charge in [0.2, 0.25) is 0 Å². The van der Waals surface area contributed by atoms with Crippen LogP contribution in [0, 0.1) is 0 Å². The number of ether oxygens (including phenoxy) is 2. The zero-order chi connectivity index (χ0) is 13.5. The maximum absolute atomic E-state index is 6.04. The molecule has 5 heteroatoms. The van der Waals surface area contributed by atoms with Gasteiger partial charge in [-0.2, -0.15) is 0 Å². The van der Waals surface area contributed by atoms with Crippen LogP contribution in [0.1, 0.15) is 5.56 Å².